The molecule has 0 saturated heterocycles. The lowest BCUT2D eigenvalue weighted by Crippen LogP contribution is -1.91. The van der Waals surface area contributed by atoms with Crippen LogP contribution in [0, 0.1) is 6.92 Å². The predicted octanol–water partition coefficient (Wildman–Crippen LogP) is 3.45. The van der Waals surface area contributed by atoms with Gasteiger partial charge in [-0.2, -0.15) is 5.10 Å². The van der Waals surface area contributed by atoms with Crippen molar-refractivity contribution in [1.29, 1.82) is 0 Å². The number of pyridine rings is 2. The molecule has 0 radical (unpaired) electrons. The largest absolute Gasteiger partial charge is 0.352 e. The zero-order valence-electron chi connectivity index (χ0n) is 15.9. The lowest BCUT2D eigenvalue weighted by atomic mass is 10.1. The number of hydrogen-bond acceptors (Lipinski definition) is 6. The molecular weight excluding hydrogens is 378 g/mol. The van der Waals surface area contributed by atoms with Gasteiger partial charge in [-0.1, -0.05) is 0 Å². The molecule has 6 rings (SSSR count). The third-order valence-corrected chi connectivity index (χ3v) is 5.05. The van der Waals surface area contributed by atoms with Gasteiger partial charge in [-0.05, 0) is 19.1 Å². The summed E-state index contributed by atoms with van der Waals surface area (Å²) in [6.07, 6.45) is 14.2. The Labute approximate surface area is 169 Å². The maximum atomic E-state index is 4.48. The van der Waals surface area contributed by atoms with Gasteiger partial charge in [0.1, 0.15) is 0 Å². The molecule has 6 aromatic rings. The molecule has 30 heavy (non-hydrogen) atoms. The number of fused-ring (bicyclic) bond motifs is 2. The lowest BCUT2D eigenvalue weighted by molar-refractivity contribution is 1.05. The molecule has 0 aliphatic carbocycles. The van der Waals surface area contributed by atoms with Gasteiger partial charge in [0.25, 0.3) is 0 Å². The highest BCUT2D eigenvalue weighted by Gasteiger charge is 2.15. The van der Waals surface area contributed by atoms with Crippen molar-refractivity contribution in [2.75, 3.05) is 0 Å². The van der Waals surface area contributed by atoms with Crippen molar-refractivity contribution in [2.24, 2.45) is 0 Å². The van der Waals surface area contributed by atoms with Gasteiger partial charge in [-0.3, -0.25) is 20.1 Å². The Bertz CT molecular complexity index is 1510. The van der Waals surface area contributed by atoms with Gasteiger partial charge in [0.05, 0.1) is 58.9 Å². The number of nitrogens with zero attached hydrogens (tertiary/aromatic N) is 7. The molecule has 0 aliphatic heterocycles. The van der Waals surface area contributed by atoms with Crippen LogP contribution in [0.15, 0.2) is 61.8 Å². The monoisotopic (exact) mass is 393 g/mol. The number of H-pyrrole nitrogens is 2. The molecule has 144 valence electrons. The van der Waals surface area contributed by atoms with Gasteiger partial charge >= 0.3 is 0 Å². The number of hydrogen-bond donors (Lipinski definition) is 2. The molecule has 0 amide bonds. The standard InChI is InChI=1S/C21H15N9/c1-12-10-30(11-26-12)19-9-23-8-18-14(19)5-16(27-18)20-15-4-13(6-25-21(15)29-28-20)17-7-22-2-3-24-17/h2-11,27H,1H3,(H,25,28,29). The molecule has 0 fully saturated rings. The summed E-state index contributed by atoms with van der Waals surface area (Å²) in [5, 5.41) is 9.42. The van der Waals surface area contributed by atoms with E-state index in [2.05, 4.69) is 46.2 Å². The topological polar surface area (TPSA) is 114 Å². The van der Waals surface area contributed by atoms with Gasteiger partial charge in [0.15, 0.2) is 5.65 Å². The van der Waals surface area contributed by atoms with Gasteiger partial charge in [-0.25, -0.2) is 9.97 Å². The number of aromatic amines is 2. The summed E-state index contributed by atoms with van der Waals surface area (Å²) in [6, 6.07) is 4.11. The molecule has 0 aromatic carbocycles. The summed E-state index contributed by atoms with van der Waals surface area (Å²) in [5.41, 5.74) is 6.87. The molecule has 6 aromatic heterocycles. The Morgan fingerprint density at radius 1 is 0.900 bits per heavy atom. The molecule has 2 N–H and O–H groups in total. The minimum absolute atomic E-state index is 0.639. The van der Waals surface area contributed by atoms with Crippen LogP contribution in [0.2, 0.25) is 0 Å². The normalized spacial score (nSPS) is 11.5. The number of aryl methyl sites for hydroxylation is 1. The SMILES string of the molecule is Cc1cn(-c2cncc3[nH]c(-c4[nH]nc5ncc(-c6cnccn6)cc45)cc23)cn1. The summed E-state index contributed by atoms with van der Waals surface area (Å²) in [4.78, 5) is 25.1. The van der Waals surface area contributed by atoms with Crippen LogP contribution in [-0.2, 0) is 0 Å². The van der Waals surface area contributed by atoms with Crippen molar-refractivity contribution in [3.05, 3.63) is 67.5 Å². The molecule has 0 spiro atoms. The van der Waals surface area contributed by atoms with Gasteiger partial charge in [0.2, 0.25) is 0 Å². The van der Waals surface area contributed by atoms with Crippen LogP contribution in [0.5, 0.6) is 0 Å². The summed E-state index contributed by atoms with van der Waals surface area (Å²) < 4.78 is 1.97. The van der Waals surface area contributed by atoms with Crippen LogP contribution in [0.3, 0.4) is 0 Å². The predicted molar refractivity (Wildman–Crippen MR) is 112 cm³/mol. The Balaban J connectivity index is 1.52. The molecule has 9 heteroatoms. The van der Waals surface area contributed by atoms with Crippen LogP contribution < -0.4 is 0 Å². The van der Waals surface area contributed by atoms with E-state index in [0.29, 0.717) is 5.65 Å². The van der Waals surface area contributed by atoms with Crippen LogP contribution in [0.4, 0.5) is 0 Å². The van der Waals surface area contributed by atoms with Crippen LogP contribution in [0.25, 0.3) is 50.3 Å². The Morgan fingerprint density at radius 3 is 2.70 bits per heavy atom. The first-order chi connectivity index (χ1) is 14.8. The average Bonchev–Trinajstić information content (AvgIpc) is 3.51. The zero-order chi connectivity index (χ0) is 20.1. The van der Waals surface area contributed by atoms with Crippen LogP contribution in [-0.4, -0.2) is 44.7 Å². The Hall–Kier alpha value is -4.40. The van der Waals surface area contributed by atoms with E-state index in [-0.39, 0.29) is 0 Å². The molecule has 0 bridgehead atoms. The van der Waals surface area contributed by atoms with Crippen molar-refractivity contribution >= 4 is 21.9 Å². The summed E-state index contributed by atoms with van der Waals surface area (Å²) >= 11 is 0. The molecule has 9 nitrogen and oxygen atoms in total. The van der Waals surface area contributed by atoms with E-state index < -0.39 is 0 Å². The maximum Gasteiger partial charge on any atom is 0.181 e. The summed E-state index contributed by atoms with van der Waals surface area (Å²) in [6.45, 7) is 1.96. The minimum atomic E-state index is 0.639. The van der Waals surface area contributed by atoms with E-state index in [1.807, 2.05) is 36.1 Å². The Kier molecular flexibility index (Phi) is 3.48. The van der Waals surface area contributed by atoms with Gasteiger partial charge < -0.3 is 9.55 Å². The third kappa shape index (κ3) is 2.56. The van der Waals surface area contributed by atoms with Gasteiger partial charge in [-0.15, -0.1) is 0 Å². The molecule has 0 aliphatic rings. The second-order valence-electron chi connectivity index (χ2n) is 7.01. The first-order valence-electron chi connectivity index (χ1n) is 9.35. The van der Waals surface area contributed by atoms with E-state index >= 15 is 0 Å². The van der Waals surface area contributed by atoms with Crippen LogP contribution >= 0.6 is 0 Å². The highest BCUT2D eigenvalue weighted by Crippen LogP contribution is 2.31. The molecule has 0 atom stereocenters. The van der Waals surface area contributed by atoms with E-state index in [1.54, 1.807) is 31.1 Å². The highest BCUT2D eigenvalue weighted by atomic mass is 15.2. The number of aromatic nitrogens is 9. The first kappa shape index (κ1) is 16.5. The van der Waals surface area contributed by atoms with E-state index in [9.17, 15) is 0 Å². The smallest absolute Gasteiger partial charge is 0.181 e. The van der Waals surface area contributed by atoms with Crippen molar-refractivity contribution in [3.8, 4) is 28.3 Å². The summed E-state index contributed by atoms with van der Waals surface area (Å²) in [5.74, 6) is 0. The van der Waals surface area contributed by atoms with Crippen molar-refractivity contribution in [1.82, 2.24) is 44.7 Å². The fourth-order valence-electron chi connectivity index (χ4n) is 3.62. The van der Waals surface area contributed by atoms with Crippen molar-refractivity contribution < 1.29 is 0 Å². The summed E-state index contributed by atoms with van der Waals surface area (Å²) in [7, 11) is 0. The van der Waals surface area contributed by atoms with E-state index in [0.717, 1.165) is 50.3 Å². The Morgan fingerprint density at radius 2 is 1.87 bits per heavy atom. The maximum absolute atomic E-state index is 4.48. The quantitative estimate of drug-likeness (QED) is 0.476. The average molecular weight is 393 g/mol. The second-order valence-corrected chi connectivity index (χ2v) is 7.01. The lowest BCUT2D eigenvalue weighted by Gasteiger charge is -2.02. The number of rotatable bonds is 3. The minimum Gasteiger partial charge on any atom is -0.352 e. The van der Waals surface area contributed by atoms with Crippen molar-refractivity contribution in [3.63, 3.8) is 0 Å². The van der Waals surface area contributed by atoms with E-state index in [1.165, 1.54) is 0 Å². The molecule has 0 unspecified atom stereocenters. The number of imidazole rings is 1. The third-order valence-electron chi connectivity index (χ3n) is 5.05. The molecule has 6 heterocycles. The highest BCUT2D eigenvalue weighted by molar-refractivity contribution is 5.97. The zero-order valence-corrected chi connectivity index (χ0v) is 15.9. The first-order valence-corrected chi connectivity index (χ1v) is 9.35. The molecule has 0 saturated carbocycles. The fourth-order valence-corrected chi connectivity index (χ4v) is 3.62. The fraction of sp³-hybridized carbons (Fsp3) is 0.0476. The van der Waals surface area contributed by atoms with E-state index in [4.69, 9.17) is 0 Å². The van der Waals surface area contributed by atoms with Gasteiger partial charge in [0, 0.05) is 41.1 Å². The number of nitrogens with one attached hydrogen (secondary N) is 2. The van der Waals surface area contributed by atoms with Crippen LogP contribution in [0.1, 0.15) is 5.69 Å². The second kappa shape index (κ2) is 6.31. The van der Waals surface area contributed by atoms with Crippen molar-refractivity contribution in [2.45, 2.75) is 6.92 Å². The molecular formula is C21H15N9.